The summed E-state index contributed by atoms with van der Waals surface area (Å²) in [5.74, 6) is 1.11. The maximum Gasteiger partial charge on any atom is 0.248 e. The molecule has 5 nitrogen and oxygen atoms in total. The van der Waals surface area contributed by atoms with Crippen molar-refractivity contribution in [2.75, 3.05) is 5.75 Å². The molecule has 1 aromatic heterocycles. The van der Waals surface area contributed by atoms with Gasteiger partial charge in [0.1, 0.15) is 11.8 Å². The molecule has 2 unspecified atom stereocenters. The van der Waals surface area contributed by atoms with Gasteiger partial charge in [0.05, 0.1) is 18.2 Å². The summed E-state index contributed by atoms with van der Waals surface area (Å²) in [5, 5.41) is 2.91. The van der Waals surface area contributed by atoms with Crippen LogP contribution in [0.2, 0.25) is 0 Å². The predicted octanol–water partition coefficient (Wildman–Crippen LogP) is 2.54. The van der Waals surface area contributed by atoms with Crippen LogP contribution in [0.4, 0.5) is 0 Å². The Labute approximate surface area is 135 Å². The number of nitrogens with zero attached hydrogens (tertiary/aromatic N) is 1. The lowest BCUT2D eigenvalue weighted by molar-refractivity contribution is -0.136. The van der Waals surface area contributed by atoms with Gasteiger partial charge in [0, 0.05) is 11.8 Å². The highest BCUT2D eigenvalue weighted by Crippen LogP contribution is 2.31. The van der Waals surface area contributed by atoms with E-state index in [1.807, 2.05) is 26.8 Å². The van der Waals surface area contributed by atoms with Crippen molar-refractivity contribution in [3.05, 3.63) is 35.8 Å². The molecule has 1 aliphatic rings. The van der Waals surface area contributed by atoms with E-state index in [-0.39, 0.29) is 17.2 Å². The van der Waals surface area contributed by atoms with Gasteiger partial charge < -0.3 is 14.6 Å². The molecule has 1 aliphatic heterocycles. The van der Waals surface area contributed by atoms with E-state index in [1.165, 1.54) is 0 Å². The number of allylic oxidation sites excluding steroid dienone is 1. The molecule has 22 heavy (non-hydrogen) atoms. The topological polar surface area (TPSA) is 62.6 Å². The molecule has 1 saturated heterocycles. The van der Waals surface area contributed by atoms with Crippen molar-refractivity contribution < 1.29 is 14.0 Å². The average Bonchev–Trinajstić information content (AvgIpc) is 3.12. The predicted molar refractivity (Wildman–Crippen MR) is 87.2 cm³/mol. The van der Waals surface area contributed by atoms with E-state index in [2.05, 4.69) is 5.32 Å². The third kappa shape index (κ3) is 3.94. The number of amides is 2. The lowest BCUT2D eigenvalue weighted by atomic mass is 10.2. The number of carbonyl (C=O) groups excluding carboxylic acids is 2. The van der Waals surface area contributed by atoms with Crippen LogP contribution in [0.15, 0.2) is 34.5 Å². The molecule has 0 aromatic carbocycles. The van der Waals surface area contributed by atoms with Gasteiger partial charge in [0.25, 0.3) is 0 Å². The number of hydrogen-bond acceptors (Lipinski definition) is 4. The largest absolute Gasteiger partial charge is 0.467 e. The highest BCUT2D eigenvalue weighted by Gasteiger charge is 2.39. The standard InChI is InChI=1S/C16H22N2O3S/c1-4-15-18(14(19)8-11(2)3)13(10-22-15)16(20)17-9-12-6-5-7-21-12/h5-8,13,15H,4,9-10H2,1-3H3,(H,17,20). The van der Waals surface area contributed by atoms with E-state index >= 15 is 0 Å². The van der Waals surface area contributed by atoms with E-state index in [0.717, 1.165) is 12.0 Å². The first-order valence-electron chi connectivity index (χ1n) is 7.41. The first-order chi connectivity index (χ1) is 10.5. The van der Waals surface area contributed by atoms with E-state index in [1.54, 1.807) is 35.1 Å². The van der Waals surface area contributed by atoms with Crippen molar-refractivity contribution in [2.45, 2.75) is 45.2 Å². The van der Waals surface area contributed by atoms with Gasteiger partial charge in [-0.25, -0.2) is 0 Å². The van der Waals surface area contributed by atoms with E-state index < -0.39 is 6.04 Å². The van der Waals surface area contributed by atoms with Gasteiger partial charge in [0.2, 0.25) is 11.8 Å². The van der Waals surface area contributed by atoms with Crippen molar-refractivity contribution in [3.8, 4) is 0 Å². The normalized spacial score (nSPS) is 20.8. The lowest BCUT2D eigenvalue weighted by Gasteiger charge is -2.27. The first-order valence-corrected chi connectivity index (χ1v) is 8.46. The van der Waals surface area contributed by atoms with Crippen LogP contribution in [0.25, 0.3) is 0 Å². The second kappa shape index (κ2) is 7.54. The maximum atomic E-state index is 12.4. The third-order valence-corrected chi connectivity index (χ3v) is 4.88. The van der Waals surface area contributed by atoms with Crippen LogP contribution >= 0.6 is 11.8 Å². The zero-order valence-electron chi connectivity index (χ0n) is 13.2. The summed E-state index contributed by atoms with van der Waals surface area (Å²) < 4.78 is 5.21. The Morgan fingerprint density at radius 1 is 1.50 bits per heavy atom. The van der Waals surface area contributed by atoms with Gasteiger partial charge >= 0.3 is 0 Å². The van der Waals surface area contributed by atoms with E-state index in [9.17, 15) is 9.59 Å². The van der Waals surface area contributed by atoms with Crippen molar-refractivity contribution in [3.63, 3.8) is 0 Å². The van der Waals surface area contributed by atoms with E-state index in [4.69, 9.17) is 4.42 Å². The Morgan fingerprint density at radius 3 is 2.86 bits per heavy atom. The molecule has 0 radical (unpaired) electrons. The molecule has 6 heteroatoms. The van der Waals surface area contributed by atoms with Crippen LogP contribution in [0.1, 0.15) is 33.0 Å². The molecule has 1 aromatic rings. The molecule has 2 atom stereocenters. The Morgan fingerprint density at radius 2 is 2.27 bits per heavy atom. The molecule has 1 N–H and O–H groups in total. The summed E-state index contributed by atoms with van der Waals surface area (Å²) in [6, 6.07) is 3.17. The third-order valence-electron chi connectivity index (χ3n) is 3.43. The highest BCUT2D eigenvalue weighted by atomic mass is 32.2. The fraction of sp³-hybridized carbons (Fsp3) is 0.500. The fourth-order valence-electron chi connectivity index (χ4n) is 2.40. The molecular weight excluding hydrogens is 300 g/mol. The van der Waals surface area contributed by atoms with E-state index in [0.29, 0.717) is 18.1 Å². The smallest absolute Gasteiger partial charge is 0.248 e. The summed E-state index contributed by atoms with van der Waals surface area (Å²) in [4.78, 5) is 26.5. The Bertz CT molecular complexity index is 550. The fourth-order valence-corrected chi connectivity index (χ4v) is 3.77. The molecule has 2 rings (SSSR count). The van der Waals surface area contributed by atoms with Crippen LogP contribution in [0.3, 0.4) is 0 Å². The van der Waals surface area contributed by atoms with Crippen LogP contribution in [-0.4, -0.2) is 33.9 Å². The monoisotopic (exact) mass is 322 g/mol. The molecule has 0 aliphatic carbocycles. The van der Waals surface area contributed by atoms with Crippen molar-refractivity contribution in [2.24, 2.45) is 0 Å². The van der Waals surface area contributed by atoms with Gasteiger partial charge in [-0.15, -0.1) is 11.8 Å². The summed E-state index contributed by atoms with van der Waals surface area (Å²) in [5.41, 5.74) is 0.937. The zero-order chi connectivity index (χ0) is 16.1. The second-order valence-corrected chi connectivity index (χ2v) is 6.69. The SMILES string of the molecule is CCC1SCC(C(=O)NCc2ccco2)N1C(=O)C=C(C)C. The number of thioether (sulfide) groups is 1. The molecule has 0 saturated carbocycles. The highest BCUT2D eigenvalue weighted by molar-refractivity contribution is 8.00. The number of furan rings is 1. The number of nitrogens with one attached hydrogen (secondary N) is 1. The minimum atomic E-state index is -0.423. The second-order valence-electron chi connectivity index (χ2n) is 5.48. The Kier molecular flexibility index (Phi) is 5.71. The molecule has 0 spiro atoms. The molecule has 0 bridgehead atoms. The molecule has 120 valence electrons. The molecule has 1 fully saturated rings. The van der Waals surface area contributed by atoms with Crippen LogP contribution in [0, 0.1) is 0 Å². The summed E-state index contributed by atoms with van der Waals surface area (Å²) in [6.07, 6.45) is 4.00. The average molecular weight is 322 g/mol. The minimum absolute atomic E-state index is 0.0578. The van der Waals surface area contributed by atoms with Crippen molar-refractivity contribution in [1.82, 2.24) is 10.2 Å². The van der Waals surface area contributed by atoms with Gasteiger partial charge in [-0.3, -0.25) is 9.59 Å². The van der Waals surface area contributed by atoms with Gasteiger partial charge in [-0.05, 0) is 32.4 Å². The number of carbonyl (C=O) groups is 2. The number of rotatable bonds is 5. The van der Waals surface area contributed by atoms with Gasteiger partial charge in [-0.1, -0.05) is 12.5 Å². The van der Waals surface area contributed by atoms with Gasteiger partial charge in [-0.2, -0.15) is 0 Å². The van der Waals surface area contributed by atoms with Gasteiger partial charge in [0.15, 0.2) is 0 Å². The van der Waals surface area contributed by atoms with Crippen molar-refractivity contribution >= 4 is 23.6 Å². The van der Waals surface area contributed by atoms with Crippen LogP contribution < -0.4 is 5.32 Å². The summed E-state index contributed by atoms with van der Waals surface area (Å²) in [6.45, 7) is 6.14. The molecule has 2 amide bonds. The number of hydrogen-bond donors (Lipinski definition) is 1. The molecular formula is C16H22N2O3S. The van der Waals surface area contributed by atoms with Crippen molar-refractivity contribution in [1.29, 1.82) is 0 Å². The maximum absolute atomic E-state index is 12.4. The summed E-state index contributed by atoms with van der Waals surface area (Å²) in [7, 11) is 0. The lowest BCUT2D eigenvalue weighted by Crippen LogP contribution is -2.49. The Hall–Kier alpha value is -1.69. The quantitative estimate of drug-likeness (QED) is 0.846. The first kappa shape index (κ1) is 16.7. The minimum Gasteiger partial charge on any atom is -0.467 e. The Balaban J connectivity index is 2.05. The van der Waals surface area contributed by atoms with Crippen LogP contribution in [-0.2, 0) is 16.1 Å². The molecule has 2 heterocycles. The zero-order valence-corrected chi connectivity index (χ0v) is 14.0. The summed E-state index contributed by atoms with van der Waals surface area (Å²) >= 11 is 1.66. The van der Waals surface area contributed by atoms with Crippen LogP contribution in [0.5, 0.6) is 0 Å².